The van der Waals surface area contributed by atoms with Gasteiger partial charge in [-0.15, -0.1) is 0 Å². The predicted molar refractivity (Wildman–Crippen MR) is 42.9 cm³/mol. The first kappa shape index (κ1) is 9.16. The summed E-state index contributed by atoms with van der Waals surface area (Å²) in [7, 11) is 1.39. The van der Waals surface area contributed by atoms with E-state index in [1.54, 1.807) is 6.07 Å². The lowest BCUT2D eigenvalue weighted by atomic mass is 10.1. The smallest absolute Gasteiger partial charge is 0.129 e. The number of halogens is 1. The van der Waals surface area contributed by atoms with Crippen LogP contribution in [0.2, 0.25) is 0 Å². The molecule has 0 saturated carbocycles. The molecule has 3 heteroatoms. The number of benzene rings is 1. The van der Waals surface area contributed by atoms with E-state index in [0.29, 0.717) is 5.56 Å². The minimum absolute atomic E-state index is 0.141. The van der Waals surface area contributed by atoms with Crippen molar-refractivity contribution in [1.82, 2.24) is 0 Å². The highest BCUT2D eigenvalue weighted by Crippen LogP contribution is 2.10. The molecule has 0 fully saturated rings. The molecule has 0 aromatic heterocycles. The van der Waals surface area contributed by atoms with Crippen LogP contribution in [0, 0.1) is 12.7 Å². The van der Waals surface area contributed by atoms with Crippen molar-refractivity contribution in [2.24, 2.45) is 0 Å². The van der Waals surface area contributed by atoms with E-state index in [1.165, 1.54) is 13.2 Å². The Balaban J connectivity index is 2.72. The summed E-state index contributed by atoms with van der Waals surface area (Å²) in [5.74, 6) is -0.257. The summed E-state index contributed by atoms with van der Waals surface area (Å²) in [6.07, 6.45) is 0. The predicted octanol–water partition coefficient (Wildman–Crippen LogP) is 2.21. The molecule has 1 aromatic rings. The Bertz CT molecular complexity index is 261. The van der Waals surface area contributed by atoms with Crippen LogP contribution in [-0.4, -0.2) is 7.11 Å². The van der Waals surface area contributed by atoms with Gasteiger partial charge in [0.2, 0.25) is 0 Å². The van der Waals surface area contributed by atoms with E-state index in [-0.39, 0.29) is 12.4 Å². The molecule has 0 aliphatic rings. The fourth-order valence-corrected chi connectivity index (χ4v) is 0.892. The number of rotatable bonds is 3. The van der Waals surface area contributed by atoms with Crippen LogP contribution in [0.15, 0.2) is 18.2 Å². The fraction of sp³-hybridized carbons (Fsp3) is 0.333. The zero-order valence-corrected chi connectivity index (χ0v) is 7.13. The Labute approximate surface area is 70.8 Å². The van der Waals surface area contributed by atoms with E-state index in [1.807, 2.05) is 13.0 Å². The van der Waals surface area contributed by atoms with Crippen molar-refractivity contribution in [3.05, 3.63) is 35.1 Å². The van der Waals surface area contributed by atoms with Crippen molar-refractivity contribution in [2.45, 2.75) is 13.5 Å². The molecule has 12 heavy (non-hydrogen) atoms. The highest BCUT2D eigenvalue weighted by atomic mass is 19.1. The first-order valence-electron chi connectivity index (χ1n) is 3.64. The van der Waals surface area contributed by atoms with Gasteiger partial charge in [-0.2, -0.15) is 0 Å². The maximum absolute atomic E-state index is 13.0. The molecule has 0 heterocycles. The van der Waals surface area contributed by atoms with Crippen LogP contribution in [0.5, 0.6) is 0 Å². The average Bonchev–Trinajstić information content (AvgIpc) is 2.03. The molecule has 0 amide bonds. The van der Waals surface area contributed by atoms with Crippen LogP contribution in [0.3, 0.4) is 0 Å². The molecule has 0 aliphatic carbocycles. The Morgan fingerprint density at radius 2 is 2.17 bits per heavy atom. The van der Waals surface area contributed by atoms with Gasteiger partial charge >= 0.3 is 0 Å². The highest BCUT2D eigenvalue weighted by Gasteiger charge is 2.01. The van der Waals surface area contributed by atoms with Crippen LogP contribution in [0.4, 0.5) is 4.39 Å². The molecule has 0 aliphatic heterocycles. The summed E-state index contributed by atoms with van der Waals surface area (Å²) < 4.78 is 13.0. The van der Waals surface area contributed by atoms with E-state index in [2.05, 4.69) is 9.78 Å². The van der Waals surface area contributed by atoms with Gasteiger partial charge in [0.25, 0.3) is 0 Å². The fourth-order valence-electron chi connectivity index (χ4n) is 0.892. The van der Waals surface area contributed by atoms with Crippen molar-refractivity contribution in [2.75, 3.05) is 7.11 Å². The van der Waals surface area contributed by atoms with Gasteiger partial charge in [0.05, 0.1) is 7.11 Å². The van der Waals surface area contributed by atoms with Crippen LogP contribution < -0.4 is 0 Å². The van der Waals surface area contributed by atoms with Gasteiger partial charge in [0.15, 0.2) is 0 Å². The Hall–Kier alpha value is -0.930. The number of hydrogen-bond donors (Lipinski definition) is 0. The van der Waals surface area contributed by atoms with E-state index in [4.69, 9.17) is 0 Å². The largest absolute Gasteiger partial charge is 0.240 e. The second-order valence-electron chi connectivity index (χ2n) is 2.52. The lowest BCUT2D eigenvalue weighted by Crippen LogP contribution is -1.95. The van der Waals surface area contributed by atoms with Crippen molar-refractivity contribution in [3.63, 3.8) is 0 Å². The monoisotopic (exact) mass is 170 g/mol. The lowest BCUT2D eigenvalue weighted by molar-refractivity contribution is -0.282. The molecule has 0 atom stereocenters. The van der Waals surface area contributed by atoms with Crippen LogP contribution in [-0.2, 0) is 16.4 Å². The quantitative estimate of drug-likeness (QED) is 0.511. The van der Waals surface area contributed by atoms with Crippen LogP contribution in [0.1, 0.15) is 11.1 Å². The second kappa shape index (κ2) is 4.18. The zero-order valence-electron chi connectivity index (χ0n) is 7.13. The van der Waals surface area contributed by atoms with Crippen LogP contribution in [0.25, 0.3) is 0 Å². The summed E-state index contributed by atoms with van der Waals surface area (Å²) in [6, 6.07) is 4.98. The van der Waals surface area contributed by atoms with E-state index in [0.717, 1.165) is 5.56 Å². The second-order valence-corrected chi connectivity index (χ2v) is 2.52. The maximum Gasteiger partial charge on any atom is 0.129 e. The molecule has 0 radical (unpaired) electrons. The van der Waals surface area contributed by atoms with E-state index in [9.17, 15) is 4.39 Å². The molecule has 0 spiro atoms. The van der Waals surface area contributed by atoms with Gasteiger partial charge in [-0.1, -0.05) is 12.1 Å². The number of aryl methyl sites for hydroxylation is 1. The minimum atomic E-state index is -0.257. The molecule has 0 saturated heterocycles. The highest BCUT2D eigenvalue weighted by molar-refractivity contribution is 5.22. The third-order valence-electron chi connectivity index (χ3n) is 1.54. The Morgan fingerprint density at radius 3 is 2.75 bits per heavy atom. The van der Waals surface area contributed by atoms with Gasteiger partial charge in [-0.05, 0) is 18.6 Å². The molecule has 1 rings (SSSR count). The molecular weight excluding hydrogens is 159 g/mol. The van der Waals surface area contributed by atoms with Crippen LogP contribution >= 0.6 is 0 Å². The van der Waals surface area contributed by atoms with Gasteiger partial charge < -0.3 is 0 Å². The molecule has 0 unspecified atom stereocenters. The maximum atomic E-state index is 13.0. The van der Waals surface area contributed by atoms with Gasteiger partial charge in [0, 0.05) is 5.56 Å². The standard InChI is InChI=1S/C9H11FO2/c1-7-3-4-8(6-12-11-2)9(10)5-7/h3-5H,6H2,1-2H3. The molecule has 1 aromatic carbocycles. The summed E-state index contributed by atoms with van der Waals surface area (Å²) in [5.41, 5.74) is 1.40. The molecule has 0 bridgehead atoms. The molecule has 0 N–H and O–H groups in total. The first-order valence-corrected chi connectivity index (χ1v) is 3.64. The third kappa shape index (κ3) is 2.29. The van der Waals surface area contributed by atoms with E-state index < -0.39 is 0 Å². The lowest BCUT2D eigenvalue weighted by Gasteiger charge is -2.02. The number of hydrogen-bond acceptors (Lipinski definition) is 2. The third-order valence-corrected chi connectivity index (χ3v) is 1.54. The Kier molecular flexibility index (Phi) is 3.19. The SMILES string of the molecule is COOCc1ccc(C)cc1F. The topological polar surface area (TPSA) is 18.5 Å². The van der Waals surface area contributed by atoms with E-state index >= 15 is 0 Å². The summed E-state index contributed by atoms with van der Waals surface area (Å²) in [6.45, 7) is 1.98. The summed E-state index contributed by atoms with van der Waals surface area (Å²) in [4.78, 5) is 8.96. The van der Waals surface area contributed by atoms with Crippen molar-refractivity contribution < 1.29 is 14.2 Å². The first-order chi connectivity index (χ1) is 5.74. The van der Waals surface area contributed by atoms with Gasteiger partial charge in [-0.25, -0.2) is 14.2 Å². The summed E-state index contributed by atoms with van der Waals surface area (Å²) in [5, 5.41) is 0. The molecule has 2 nitrogen and oxygen atoms in total. The minimum Gasteiger partial charge on any atom is -0.240 e. The van der Waals surface area contributed by atoms with Crippen molar-refractivity contribution in [1.29, 1.82) is 0 Å². The Morgan fingerprint density at radius 1 is 1.42 bits per heavy atom. The zero-order chi connectivity index (χ0) is 8.97. The van der Waals surface area contributed by atoms with Crippen molar-refractivity contribution in [3.8, 4) is 0 Å². The molecular formula is C9H11FO2. The van der Waals surface area contributed by atoms with Gasteiger partial charge in [0.1, 0.15) is 12.4 Å². The average molecular weight is 170 g/mol. The van der Waals surface area contributed by atoms with Crippen molar-refractivity contribution >= 4 is 0 Å². The molecule has 66 valence electrons. The summed E-state index contributed by atoms with van der Waals surface area (Å²) >= 11 is 0. The van der Waals surface area contributed by atoms with Gasteiger partial charge in [-0.3, -0.25) is 0 Å². The normalized spacial score (nSPS) is 10.2.